The largest absolute Gasteiger partial charge is 0.387 e. The summed E-state index contributed by atoms with van der Waals surface area (Å²) < 4.78 is 25.7. The van der Waals surface area contributed by atoms with Crippen LogP contribution in [0.1, 0.15) is 18.6 Å². The van der Waals surface area contributed by atoms with Gasteiger partial charge in [-0.1, -0.05) is 6.07 Å². The number of nitrogens with one attached hydrogen (secondary N) is 2. The highest BCUT2D eigenvalue weighted by Crippen LogP contribution is 2.15. The maximum Gasteiger partial charge on any atom is 0.236 e. The SMILES string of the molecule is CNC(=O)C(C)NCC(O)c1ccc(F)c(F)c1. The Kier molecular flexibility index (Phi) is 5.18. The molecule has 0 radical (unpaired) electrons. The van der Waals surface area contributed by atoms with E-state index in [-0.39, 0.29) is 18.0 Å². The zero-order chi connectivity index (χ0) is 13.7. The number of aliphatic hydroxyl groups excluding tert-OH is 1. The standard InChI is InChI=1S/C12H16F2N2O2/c1-7(12(18)15-2)16-6-11(17)8-3-4-9(13)10(14)5-8/h3-5,7,11,16-17H,6H2,1-2H3,(H,15,18). The Morgan fingerprint density at radius 2 is 2.06 bits per heavy atom. The molecule has 100 valence electrons. The summed E-state index contributed by atoms with van der Waals surface area (Å²) in [6.07, 6.45) is -1.01. The first-order valence-electron chi connectivity index (χ1n) is 5.53. The second-order valence-electron chi connectivity index (χ2n) is 3.93. The smallest absolute Gasteiger partial charge is 0.236 e. The Balaban J connectivity index is 2.57. The van der Waals surface area contributed by atoms with E-state index in [0.717, 1.165) is 12.1 Å². The van der Waals surface area contributed by atoms with E-state index in [4.69, 9.17) is 0 Å². The molecule has 1 aromatic rings. The van der Waals surface area contributed by atoms with Crippen molar-refractivity contribution in [2.24, 2.45) is 0 Å². The molecule has 4 nitrogen and oxygen atoms in total. The molecule has 0 aliphatic rings. The quantitative estimate of drug-likeness (QED) is 0.729. The summed E-state index contributed by atoms with van der Waals surface area (Å²) in [6.45, 7) is 1.70. The van der Waals surface area contributed by atoms with Crippen LogP contribution in [-0.4, -0.2) is 30.6 Å². The minimum Gasteiger partial charge on any atom is -0.387 e. The highest BCUT2D eigenvalue weighted by Gasteiger charge is 2.14. The van der Waals surface area contributed by atoms with Crippen molar-refractivity contribution < 1.29 is 18.7 Å². The lowest BCUT2D eigenvalue weighted by Gasteiger charge is -2.16. The van der Waals surface area contributed by atoms with Gasteiger partial charge >= 0.3 is 0 Å². The lowest BCUT2D eigenvalue weighted by molar-refractivity contribution is -0.122. The number of hydrogen-bond donors (Lipinski definition) is 3. The van der Waals surface area contributed by atoms with Gasteiger partial charge in [0.2, 0.25) is 5.91 Å². The monoisotopic (exact) mass is 258 g/mol. The summed E-state index contributed by atoms with van der Waals surface area (Å²) in [5.41, 5.74) is 0.255. The van der Waals surface area contributed by atoms with Crippen molar-refractivity contribution in [1.82, 2.24) is 10.6 Å². The summed E-state index contributed by atoms with van der Waals surface area (Å²) in [7, 11) is 1.51. The normalized spacial score (nSPS) is 14.1. The van der Waals surface area contributed by atoms with Gasteiger partial charge in [-0.2, -0.15) is 0 Å². The maximum absolute atomic E-state index is 13.0. The van der Waals surface area contributed by atoms with Crippen LogP contribution in [-0.2, 0) is 4.79 Å². The summed E-state index contributed by atoms with van der Waals surface area (Å²) in [4.78, 5) is 11.2. The van der Waals surface area contributed by atoms with Crippen LogP contribution in [0.2, 0.25) is 0 Å². The molecule has 3 N–H and O–H groups in total. The van der Waals surface area contributed by atoms with Crippen molar-refractivity contribution in [1.29, 1.82) is 0 Å². The molecule has 0 aromatic heterocycles. The second-order valence-corrected chi connectivity index (χ2v) is 3.93. The zero-order valence-electron chi connectivity index (χ0n) is 10.2. The number of halogens is 2. The van der Waals surface area contributed by atoms with Crippen LogP contribution in [0.25, 0.3) is 0 Å². The van der Waals surface area contributed by atoms with E-state index in [1.165, 1.54) is 13.1 Å². The zero-order valence-corrected chi connectivity index (χ0v) is 10.2. The van der Waals surface area contributed by atoms with E-state index in [0.29, 0.717) is 0 Å². The Hall–Kier alpha value is -1.53. The predicted molar refractivity (Wildman–Crippen MR) is 62.8 cm³/mol. The van der Waals surface area contributed by atoms with E-state index in [1.807, 2.05) is 0 Å². The number of carbonyl (C=O) groups is 1. The van der Waals surface area contributed by atoms with E-state index < -0.39 is 23.8 Å². The topological polar surface area (TPSA) is 61.4 Å². The van der Waals surface area contributed by atoms with E-state index in [2.05, 4.69) is 10.6 Å². The van der Waals surface area contributed by atoms with Gasteiger partial charge in [-0.25, -0.2) is 8.78 Å². The fraction of sp³-hybridized carbons (Fsp3) is 0.417. The number of amides is 1. The summed E-state index contributed by atoms with van der Waals surface area (Å²) >= 11 is 0. The van der Waals surface area contributed by atoms with Gasteiger partial charge < -0.3 is 15.7 Å². The van der Waals surface area contributed by atoms with Gasteiger partial charge in [-0.15, -0.1) is 0 Å². The molecule has 1 amide bonds. The van der Waals surface area contributed by atoms with Crippen molar-refractivity contribution in [3.05, 3.63) is 35.4 Å². The lowest BCUT2D eigenvalue weighted by atomic mass is 10.1. The highest BCUT2D eigenvalue weighted by molar-refractivity contribution is 5.80. The van der Waals surface area contributed by atoms with Gasteiger partial charge in [-0.05, 0) is 24.6 Å². The number of aliphatic hydroxyl groups is 1. The first-order chi connectivity index (χ1) is 8.45. The molecule has 2 atom stereocenters. The molecule has 0 spiro atoms. The molecule has 0 aliphatic heterocycles. The summed E-state index contributed by atoms with van der Waals surface area (Å²) in [5.74, 6) is -2.18. The first kappa shape index (κ1) is 14.5. The fourth-order valence-corrected chi connectivity index (χ4v) is 1.44. The molecule has 0 saturated carbocycles. The lowest BCUT2D eigenvalue weighted by Crippen LogP contribution is -2.42. The average molecular weight is 258 g/mol. The molecule has 6 heteroatoms. The third kappa shape index (κ3) is 3.75. The predicted octanol–water partition coefficient (Wildman–Crippen LogP) is 0.722. The number of likely N-dealkylation sites (N-methyl/N-ethyl adjacent to an activating group) is 1. The minimum absolute atomic E-state index is 0.0691. The second kappa shape index (κ2) is 6.42. The van der Waals surface area contributed by atoms with Gasteiger partial charge in [0.15, 0.2) is 11.6 Å². The molecule has 0 heterocycles. The van der Waals surface area contributed by atoms with Crippen LogP contribution in [0, 0.1) is 11.6 Å². The molecular formula is C12H16F2N2O2. The van der Waals surface area contributed by atoms with E-state index in [9.17, 15) is 18.7 Å². The molecule has 0 saturated heterocycles. The van der Waals surface area contributed by atoms with Crippen molar-refractivity contribution in [3.8, 4) is 0 Å². The maximum atomic E-state index is 13.0. The first-order valence-corrected chi connectivity index (χ1v) is 5.53. The van der Waals surface area contributed by atoms with Crippen molar-refractivity contribution in [2.45, 2.75) is 19.1 Å². The Morgan fingerprint density at radius 1 is 1.39 bits per heavy atom. The van der Waals surface area contributed by atoms with Crippen LogP contribution >= 0.6 is 0 Å². The van der Waals surface area contributed by atoms with Gasteiger partial charge in [0.1, 0.15) is 0 Å². The van der Waals surface area contributed by atoms with Gasteiger partial charge in [0.25, 0.3) is 0 Å². The summed E-state index contributed by atoms with van der Waals surface area (Å²) in [5, 5.41) is 15.0. The molecule has 1 rings (SSSR count). The van der Waals surface area contributed by atoms with Crippen LogP contribution in [0.4, 0.5) is 8.78 Å². The highest BCUT2D eigenvalue weighted by atomic mass is 19.2. The molecule has 18 heavy (non-hydrogen) atoms. The molecular weight excluding hydrogens is 242 g/mol. The van der Waals surface area contributed by atoms with Crippen LogP contribution in [0.15, 0.2) is 18.2 Å². The Bertz CT molecular complexity index is 427. The van der Waals surface area contributed by atoms with Crippen LogP contribution in [0.3, 0.4) is 0 Å². The minimum atomic E-state index is -1.01. The number of hydrogen-bond acceptors (Lipinski definition) is 3. The molecule has 0 fully saturated rings. The van der Waals surface area contributed by atoms with Crippen molar-refractivity contribution in [2.75, 3.05) is 13.6 Å². The van der Waals surface area contributed by atoms with E-state index in [1.54, 1.807) is 6.92 Å². The fourth-order valence-electron chi connectivity index (χ4n) is 1.44. The molecule has 0 aliphatic carbocycles. The van der Waals surface area contributed by atoms with Gasteiger partial charge in [0, 0.05) is 13.6 Å². The third-order valence-corrected chi connectivity index (χ3v) is 2.59. The van der Waals surface area contributed by atoms with Crippen molar-refractivity contribution >= 4 is 5.91 Å². The number of carbonyl (C=O) groups excluding carboxylic acids is 1. The van der Waals surface area contributed by atoms with Gasteiger partial charge in [-0.3, -0.25) is 4.79 Å². The van der Waals surface area contributed by atoms with Crippen LogP contribution < -0.4 is 10.6 Å². The molecule has 1 aromatic carbocycles. The molecule has 2 unspecified atom stereocenters. The third-order valence-electron chi connectivity index (χ3n) is 2.59. The van der Waals surface area contributed by atoms with Gasteiger partial charge in [0.05, 0.1) is 12.1 Å². The average Bonchev–Trinajstić information content (AvgIpc) is 2.37. The number of benzene rings is 1. The number of rotatable bonds is 5. The Morgan fingerprint density at radius 3 is 2.61 bits per heavy atom. The van der Waals surface area contributed by atoms with Crippen LogP contribution in [0.5, 0.6) is 0 Å². The molecule has 0 bridgehead atoms. The Labute approximate surface area is 104 Å². The van der Waals surface area contributed by atoms with E-state index >= 15 is 0 Å². The summed E-state index contributed by atoms with van der Waals surface area (Å²) in [6, 6.07) is 2.72. The van der Waals surface area contributed by atoms with Crippen molar-refractivity contribution in [3.63, 3.8) is 0 Å².